The van der Waals surface area contributed by atoms with Crippen molar-refractivity contribution in [2.75, 3.05) is 27.7 Å². The van der Waals surface area contributed by atoms with E-state index in [2.05, 4.69) is 58.7 Å². The van der Waals surface area contributed by atoms with Crippen molar-refractivity contribution in [1.29, 1.82) is 0 Å². The minimum Gasteiger partial charge on any atom is -0.357 e. The fourth-order valence-corrected chi connectivity index (χ4v) is 4.91. The van der Waals surface area contributed by atoms with Crippen molar-refractivity contribution in [1.82, 2.24) is 14.7 Å². The van der Waals surface area contributed by atoms with Gasteiger partial charge in [-0.2, -0.15) is 0 Å². The van der Waals surface area contributed by atoms with Crippen LogP contribution in [0, 0.1) is 17.8 Å². The van der Waals surface area contributed by atoms with Crippen molar-refractivity contribution in [3.63, 3.8) is 0 Å². The SMILES string of the molecule is CC/C=C1/C(C)=C(N=C(C(C)CC)N(C)CC2=NC(CC)=CC3CCC23)N(C)C(=O)N1C. The number of allylic oxidation sites excluding steroid dienone is 4. The van der Waals surface area contributed by atoms with E-state index < -0.39 is 0 Å². The fraction of sp³-hybridized carbons (Fsp3) is 0.654. The quantitative estimate of drug-likeness (QED) is 0.380. The molecular weight excluding hydrogens is 398 g/mol. The Morgan fingerprint density at radius 2 is 2.00 bits per heavy atom. The molecule has 1 aliphatic carbocycles. The van der Waals surface area contributed by atoms with E-state index >= 15 is 0 Å². The van der Waals surface area contributed by atoms with Gasteiger partial charge in [0.15, 0.2) is 0 Å². The van der Waals surface area contributed by atoms with Crippen molar-refractivity contribution in [3.05, 3.63) is 34.9 Å². The Hall–Kier alpha value is -2.37. The summed E-state index contributed by atoms with van der Waals surface area (Å²) in [6.45, 7) is 11.6. The highest BCUT2D eigenvalue weighted by Gasteiger charge is 2.37. The molecule has 6 heteroatoms. The van der Waals surface area contributed by atoms with Crippen LogP contribution in [0.4, 0.5) is 4.79 Å². The van der Waals surface area contributed by atoms with Crippen molar-refractivity contribution in [2.24, 2.45) is 27.7 Å². The highest BCUT2D eigenvalue weighted by atomic mass is 16.2. The lowest BCUT2D eigenvalue weighted by Crippen LogP contribution is -2.45. The lowest BCUT2D eigenvalue weighted by molar-refractivity contribution is 0.189. The van der Waals surface area contributed by atoms with Crippen LogP contribution >= 0.6 is 0 Å². The maximum atomic E-state index is 12.9. The fourth-order valence-electron chi connectivity index (χ4n) is 4.91. The molecule has 0 aromatic rings. The smallest absolute Gasteiger partial charge is 0.329 e. The molecule has 1 fully saturated rings. The van der Waals surface area contributed by atoms with Gasteiger partial charge in [-0.3, -0.25) is 14.8 Å². The van der Waals surface area contributed by atoms with E-state index in [0.717, 1.165) is 48.7 Å². The summed E-state index contributed by atoms with van der Waals surface area (Å²) in [5, 5.41) is 0. The van der Waals surface area contributed by atoms with Gasteiger partial charge in [-0.25, -0.2) is 9.79 Å². The molecule has 176 valence electrons. The molecule has 2 aliphatic heterocycles. The molecule has 2 amide bonds. The number of nitrogens with zero attached hydrogens (tertiary/aromatic N) is 5. The van der Waals surface area contributed by atoms with Gasteiger partial charge < -0.3 is 4.90 Å². The first-order valence-corrected chi connectivity index (χ1v) is 12.2. The highest BCUT2D eigenvalue weighted by Crippen LogP contribution is 2.41. The number of carbonyl (C=O) groups is 1. The summed E-state index contributed by atoms with van der Waals surface area (Å²) in [6, 6.07) is -0.0492. The zero-order valence-corrected chi connectivity index (χ0v) is 21.3. The first kappa shape index (κ1) is 24.3. The Balaban J connectivity index is 1.97. The molecule has 0 radical (unpaired) electrons. The Morgan fingerprint density at radius 1 is 1.28 bits per heavy atom. The van der Waals surface area contributed by atoms with Gasteiger partial charge in [-0.1, -0.05) is 39.8 Å². The van der Waals surface area contributed by atoms with Crippen LogP contribution in [0.15, 0.2) is 44.9 Å². The van der Waals surface area contributed by atoms with E-state index in [0.29, 0.717) is 11.8 Å². The van der Waals surface area contributed by atoms with E-state index in [9.17, 15) is 4.79 Å². The van der Waals surface area contributed by atoms with Crippen LogP contribution < -0.4 is 0 Å². The summed E-state index contributed by atoms with van der Waals surface area (Å²) in [7, 11) is 5.78. The topological polar surface area (TPSA) is 51.5 Å². The minimum absolute atomic E-state index is 0.0492. The van der Waals surface area contributed by atoms with E-state index in [4.69, 9.17) is 9.98 Å². The molecule has 3 aliphatic rings. The lowest BCUT2D eigenvalue weighted by Gasteiger charge is -2.40. The number of urea groups is 1. The molecule has 0 aromatic heterocycles. The number of aliphatic imine (C=N–C) groups is 2. The van der Waals surface area contributed by atoms with Gasteiger partial charge in [-0.05, 0) is 44.9 Å². The average molecular weight is 440 g/mol. The van der Waals surface area contributed by atoms with Gasteiger partial charge in [0.05, 0.1) is 6.54 Å². The van der Waals surface area contributed by atoms with Gasteiger partial charge in [0.1, 0.15) is 11.7 Å². The van der Waals surface area contributed by atoms with Crippen molar-refractivity contribution >= 4 is 17.6 Å². The van der Waals surface area contributed by atoms with Gasteiger partial charge in [0, 0.05) is 55.7 Å². The summed E-state index contributed by atoms with van der Waals surface area (Å²) >= 11 is 0. The first-order chi connectivity index (χ1) is 15.2. The van der Waals surface area contributed by atoms with Crippen molar-refractivity contribution in [3.8, 4) is 0 Å². The number of rotatable bonds is 7. The molecule has 1 saturated carbocycles. The number of amidine groups is 1. The summed E-state index contributed by atoms with van der Waals surface area (Å²) in [6.07, 6.45) is 9.86. The number of carbonyl (C=O) groups excluding carboxylic acids is 1. The Morgan fingerprint density at radius 3 is 2.56 bits per heavy atom. The normalized spacial score (nSPS) is 26.1. The minimum atomic E-state index is -0.0492. The predicted molar refractivity (Wildman–Crippen MR) is 134 cm³/mol. The standard InChI is InChI=1S/C26H41N5O/c1-9-12-23-18(5)25(31(8)26(32)30(23)7)28-24(17(4)10-2)29(6)16-22-21-14-13-19(21)15-20(11-3)27-22/h12,15,17,19,21H,9-11,13-14,16H2,1-8H3/b23-12-,28-24?. The molecule has 0 spiro atoms. The number of hydrogen-bond acceptors (Lipinski definition) is 3. The third-order valence-corrected chi connectivity index (χ3v) is 7.25. The lowest BCUT2D eigenvalue weighted by atomic mass is 9.69. The molecule has 3 unspecified atom stereocenters. The van der Waals surface area contributed by atoms with E-state index in [-0.39, 0.29) is 11.9 Å². The molecule has 3 atom stereocenters. The van der Waals surface area contributed by atoms with Crippen LogP contribution in [0.1, 0.15) is 66.7 Å². The largest absolute Gasteiger partial charge is 0.357 e. The molecule has 0 saturated heterocycles. The molecule has 0 N–H and O–H groups in total. The second-order valence-corrected chi connectivity index (χ2v) is 9.44. The molecule has 0 bridgehead atoms. The number of amides is 2. The van der Waals surface area contributed by atoms with Gasteiger partial charge in [0.25, 0.3) is 0 Å². The Kier molecular flexibility index (Phi) is 7.63. The third kappa shape index (κ3) is 4.55. The number of likely N-dealkylation sites (N-methyl/N-ethyl adjacent to an activating group) is 1. The zero-order chi connectivity index (χ0) is 23.6. The van der Waals surface area contributed by atoms with E-state index in [1.54, 1.807) is 9.80 Å². The molecule has 3 rings (SSSR count). The van der Waals surface area contributed by atoms with Crippen LogP contribution in [0.2, 0.25) is 0 Å². The maximum absolute atomic E-state index is 12.9. The number of fused-ring (bicyclic) bond motifs is 1. The monoisotopic (exact) mass is 439 g/mol. The molecule has 0 aromatic carbocycles. The highest BCUT2D eigenvalue weighted by molar-refractivity contribution is 5.96. The molecule has 32 heavy (non-hydrogen) atoms. The Bertz CT molecular complexity index is 894. The van der Waals surface area contributed by atoms with Gasteiger partial charge in [0.2, 0.25) is 0 Å². The first-order valence-electron chi connectivity index (χ1n) is 12.2. The maximum Gasteiger partial charge on any atom is 0.329 e. The van der Waals surface area contributed by atoms with E-state index in [1.807, 2.05) is 14.1 Å². The van der Waals surface area contributed by atoms with Gasteiger partial charge >= 0.3 is 6.03 Å². The van der Waals surface area contributed by atoms with Crippen LogP contribution in [-0.2, 0) is 0 Å². The molecular formula is C26H41N5O. The predicted octanol–water partition coefficient (Wildman–Crippen LogP) is 5.66. The third-order valence-electron chi connectivity index (χ3n) is 7.25. The summed E-state index contributed by atoms with van der Waals surface area (Å²) in [4.78, 5) is 28.7. The zero-order valence-electron chi connectivity index (χ0n) is 21.3. The van der Waals surface area contributed by atoms with Crippen LogP contribution in [0.5, 0.6) is 0 Å². The summed E-state index contributed by atoms with van der Waals surface area (Å²) < 4.78 is 0. The number of hydrogen-bond donors (Lipinski definition) is 0. The van der Waals surface area contributed by atoms with Crippen molar-refractivity contribution < 1.29 is 4.79 Å². The van der Waals surface area contributed by atoms with Crippen LogP contribution in [0.3, 0.4) is 0 Å². The van der Waals surface area contributed by atoms with Crippen molar-refractivity contribution in [2.45, 2.75) is 66.7 Å². The summed E-state index contributed by atoms with van der Waals surface area (Å²) in [5.74, 6) is 3.30. The summed E-state index contributed by atoms with van der Waals surface area (Å²) in [5.41, 5.74) is 4.51. The molecule has 6 nitrogen and oxygen atoms in total. The average Bonchev–Trinajstić information content (AvgIpc) is 2.76. The van der Waals surface area contributed by atoms with Gasteiger partial charge in [-0.15, -0.1) is 0 Å². The second kappa shape index (κ2) is 10.1. The second-order valence-electron chi connectivity index (χ2n) is 9.44. The van der Waals surface area contributed by atoms with E-state index in [1.165, 1.54) is 24.3 Å². The van der Waals surface area contributed by atoms with Crippen LogP contribution in [-0.4, -0.2) is 60.0 Å². The molecule has 2 heterocycles. The van der Waals surface area contributed by atoms with Crippen LogP contribution in [0.25, 0.3) is 0 Å². The Labute approximate surface area is 194 Å².